The van der Waals surface area contributed by atoms with E-state index in [1.807, 2.05) is 37.4 Å². The molecule has 1 amide bonds. The molecule has 1 saturated carbocycles. The van der Waals surface area contributed by atoms with Crippen LogP contribution in [0.1, 0.15) is 30.9 Å². The van der Waals surface area contributed by atoms with Gasteiger partial charge in [0.15, 0.2) is 0 Å². The van der Waals surface area contributed by atoms with Gasteiger partial charge in [-0.1, -0.05) is 30.3 Å². The third-order valence-corrected chi connectivity index (χ3v) is 4.57. The average Bonchev–Trinajstić information content (AvgIpc) is 2.41. The fourth-order valence-electron chi connectivity index (χ4n) is 2.89. The molecule has 0 heterocycles. The van der Waals surface area contributed by atoms with Crippen molar-refractivity contribution in [1.82, 2.24) is 9.80 Å². The molecule has 4 nitrogen and oxygen atoms in total. The lowest BCUT2D eigenvalue weighted by Gasteiger charge is -2.49. The largest absolute Gasteiger partial charge is 0.342 e. The SMILES string of the molecule is CN(CC1(N(C)C)CCC1)C(=O)[C@H](N)c1ccccc1. The third kappa shape index (κ3) is 2.86. The highest BCUT2D eigenvalue weighted by atomic mass is 16.2. The first kappa shape index (κ1) is 15.0. The smallest absolute Gasteiger partial charge is 0.243 e. The van der Waals surface area contributed by atoms with Crippen molar-refractivity contribution >= 4 is 5.91 Å². The number of hydrogen-bond acceptors (Lipinski definition) is 3. The number of nitrogens with two attached hydrogens (primary N) is 1. The normalized spacial score (nSPS) is 18.4. The van der Waals surface area contributed by atoms with Crippen LogP contribution < -0.4 is 5.73 Å². The summed E-state index contributed by atoms with van der Waals surface area (Å²) in [5, 5.41) is 0. The van der Waals surface area contributed by atoms with Crippen LogP contribution in [0.3, 0.4) is 0 Å². The van der Waals surface area contributed by atoms with E-state index in [9.17, 15) is 4.79 Å². The summed E-state index contributed by atoms with van der Waals surface area (Å²) in [6.45, 7) is 0.749. The van der Waals surface area contributed by atoms with Crippen LogP contribution in [0, 0.1) is 0 Å². The topological polar surface area (TPSA) is 49.6 Å². The molecule has 2 rings (SSSR count). The van der Waals surface area contributed by atoms with Gasteiger partial charge in [-0.25, -0.2) is 0 Å². The van der Waals surface area contributed by atoms with Crippen LogP contribution in [0.2, 0.25) is 0 Å². The highest BCUT2D eigenvalue weighted by molar-refractivity contribution is 5.82. The number of nitrogens with zero attached hydrogens (tertiary/aromatic N) is 2. The number of rotatable bonds is 5. The van der Waals surface area contributed by atoms with Crippen LogP contribution in [-0.2, 0) is 4.79 Å². The predicted molar refractivity (Wildman–Crippen MR) is 81.3 cm³/mol. The molecule has 0 aliphatic heterocycles. The molecule has 0 bridgehead atoms. The highest BCUT2D eigenvalue weighted by Gasteiger charge is 2.41. The maximum absolute atomic E-state index is 12.5. The molecule has 110 valence electrons. The summed E-state index contributed by atoms with van der Waals surface area (Å²) < 4.78 is 0. The molecule has 0 unspecified atom stereocenters. The van der Waals surface area contributed by atoms with Crippen molar-refractivity contribution in [3.05, 3.63) is 35.9 Å². The molecule has 0 saturated heterocycles. The molecule has 0 spiro atoms. The van der Waals surface area contributed by atoms with E-state index in [1.54, 1.807) is 4.90 Å². The van der Waals surface area contributed by atoms with Gasteiger partial charge in [0.1, 0.15) is 6.04 Å². The standard InChI is InChI=1S/C16H25N3O/c1-18(2)16(10-7-11-16)12-19(3)15(20)14(17)13-8-5-4-6-9-13/h4-6,8-9,14H,7,10-12,17H2,1-3H3/t14-/m1/s1. The Balaban J connectivity index is 2.02. The van der Waals surface area contributed by atoms with Gasteiger partial charge in [-0.05, 0) is 38.9 Å². The molecular weight excluding hydrogens is 250 g/mol. The van der Waals surface area contributed by atoms with E-state index in [0.717, 1.165) is 24.9 Å². The van der Waals surface area contributed by atoms with Crippen LogP contribution >= 0.6 is 0 Å². The average molecular weight is 275 g/mol. The van der Waals surface area contributed by atoms with Gasteiger partial charge in [-0.2, -0.15) is 0 Å². The molecule has 2 N–H and O–H groups in total. The van der Waals surface area contributed by atoms with Crippen molar-refractivity contribution < 1.29 is 4.79 Å². The summed E-state index contributed by atoms with van der Waals surface area (Å²) in [4.78, 5) is 16.5. The lowest BCUT2D eigenvalue weighted by Crippen LogP contribution is -2.58. The van der Waals surface area contributed by atoms with E-state index in [-0.39, 0.29) is 11.4 Å². The highest BCUT2D eigenvalue weighted by Crippen LogP contribution is 2.36. The van der Waals surface area contributed by atoms with Gasteiger partial charge in [-0.15, -0.1) is 0 Å². The second-order valence-electron chi connectivity index (χ2n) is 6.05. The predicted octanol–water partition coefficient (Wildman–Crippen LogP) is 1.63. The Morgan fingerprint density at radius 1 is 1.25 bits per heavy atom. The van der Waals surface area contributed by atoms with Crippen molar-refractivity contribution in [1.29, 1.82) is 0 Å². The molecule has 1 atom stereocenters. The monoisotopic (exact) mass is 275 g/mol. The van der Waals surface area contributed by atoms with Gasteiger partial charge < -0.3 is 15.5 Å². The lowest BCUT2D eigenvalue weighted by atomic mass is 9.75. The van der Waals surface area contributed by atoms with Gasteiger partial charge in [0, 0.05) is 19.1 Å². The molecule has 0 radical (unpaired) electrons. The second kappa shape index (κ2) is 5.94. The van der Waals surface area contributed by atoms with E-state index in [2.05, 4.69) is 19.0 Å². The first-order chi connectivity index (χ1) is 9.46. The summed E-state index contributed by atoms with van der Waals surface area (Å²) in [7, 11) is 6.04. The third-order valence-electron chi connectivity index (χ3n) is 4.57. The van der Waals surface area contributed by atoms with E-state index >= 15 is 0 Å². The van der Waals surface area contributed by atoms with Crippen molar-refractivity contribution in [2.45, 2.75) is 30.8 Å². The minimum atomic E-state index is -0.569. The van der Waals surface area contributed by atoms with Crippen LogP contribution in [0.15, 0.2) is 30.3 Å². The summed E-state index contributed by atoms with van der Waals surface area (Å²) in [5.74, 6) is -0.00988. The Hall–Kier alpha value is -1.39. The van der Waals surface area contributed by atoms with Gasteiger partial charge in [0.05, 0.1) is 0 Å². The van der Waals surface area contributed by atoms with Crippen LogP contribution in [0.4, 0.5) is 0 Å². The van der Waals surface area contributed by atoms with Gasteiger partial charge in [0.2, 0.25) is 5.91 Å². The minimum absolute atomic E-state index is 0.00988. The zero-order valence-electron chi connectivity index (χ0n) is 12.7. The summed E-state index contributed by atoms with van der Waals surface area (Å²) in [5.41, 5.74) is 7.10. The van der Waals surface area contributed by atoms with Crippen LogP contribution in [0.5, 0.6) is 0 Å². The van der Waals surface area contributed by atoms with E-state index < -0.39 is 6.04 Å². The summed E-state index contributed by atoms with van der Waals surface area (Å²) >= 11 is 0. The molecule has 0 aromatic heterocycles. The molecule has 20 heavy (non-hydrogen) atoms. The fourth-order valence-corrected chi connectivity index (χ4v) is 2.89. The molecule has 4 heteroatoms. The Morgan fingerprint density at radius 3 is 2.30 bits per heavy atom. The fraction of sp³-hybridized carbons (Fsp3) is 0.562. The van der Waals surface area contributed by atoms with Crippen LogP contribution in [-0.4, -0.2) is 48.9 Å². The lowest BCUT2D eigenvalue weighted by molar-refractivity contribution is -0.134. The van der Waals surface area contributed by atoms with E-state index in [1.165, 1.54) is 6.42 Å². The molecule has 1 aromatic carbocycles. The molecule has 1 aromatic rings. The Labute approximate surface area is 121 Å². The molecule has 1 aliphatic rings. The maximum atomic E-state index is 12.5. The van der Waals surface area contributed by atoms with Gasteiger partial charge >= 0.3 is 0 Å². The Bertz CT molecular complexity index is 454. The zero-order valence-corrected chi connectivity index (χ0v) is 12.7. The molecule has 1 aliphatic carbocycles. The van der Waals surface area contributed by atoms with Gasteiger partial charge in [0.25, 0.3) is 0 Å². The van der Waals surface area contributed by atoms with Gasteiger partial charge in [-0.3, -0.25) is 4.79 Å². The molecule has 1 fully saturated rings. The number of likely N-dealkylation sites (N-methyl/N-ethyl adjacent to an activating group) is 2. The first-order valence-corrected chi connectivity index (χ1v) is 7.19. The number of carbonyl (C=O) groups is 1. The summed E-state index contributed by atoms with van der Waals surface area (Å²) in [6.07, 6.45) is 3.54. The van der Waals surface area contributed by atoms with E-state index in [4.69, 9.17) is 5.73 Å². The molecular formula is C16H25N3O. The Kier molecular flexibility index (Phi) is 4.45. The Morgan fingerprint density at radius 2 is 1.85 bits per heavy atom. The van der Waals surface area contributed by atoms with Crippen molar-refractivity contribution in [3.63, 3.8) is 0 Å². The summed E-state index contributed by atoms with van der Waals surface area (Å²) in [6, 6.07) is 8.99. The van der Waals surface area contributed by atoms with Crippen LogP contribution in [0.25, 0.3) is 0 Å². The maximum Gasteiger partial charge on any atom is 0.243 e. The quantitative estimate of drug-likeness (QED) is 0.888. The first-order valence-electron chi connectivity index (χ1n) is 7.19. The second-order valence-corrected chi connectivity index (χ2v) is 6.05. The number of carbonyl (C=O) groups excluding carboxylic acids is 1. The van der Waals surface area contributed by atoms with Crippen molar-refractivity contribution in [2.75, 3.05) is 27.7 Å². The van der Waals surface area contributed by atoms with E-state index in [0.29, 0.717) is 0 Å². The number of hydrogen-bond donors (Lipinski definition) is 1. The number of benzene rings is 1. The van der Waals surface area contributed by atoms with Crippen molar-refractivity contribution in [2.24, 2.45) is 5.73 Å². The zero-order chi connectivity index (χ0) is 14.8. The van der Waals surface area contributed by atoms with Crippen molar-refractivity contribution in [3.8, 4) is 0 Å². The minimum Gasteiger partial charge on any atom is -0.342 e. The number of amides is 1.